The smallest absolute Gasteiger partial charge is 0.416 e. The van der Waals surface area contributed by atoms with Crippen LogP contribution in [0.4, 0.5) is 23.4 Å². The standard InChI is InChI=1S/C20H14F4N4O2/c21-14-4-6-15(7-5-14)28-17(16(11-26-28)19-25-8-9-30-19)27-18(29)12-2-1-3-13(10-12)20(22,23)24/h1-7,10-11H,8-9H2,(H,27,29). The molecule has 0 saturated heterocycles. The number of nitrogens with one attached hydrogen (secondary N) is 1. The lowest BCUT2D eigenvalue weighted by Gasteiger charge is -2.12. The molecule has 0 fully saturated rings. The van der Waals surface area contributed by atoms with Crippen LogP contribution in [0.2, 0.25) is 0 Å². The lowest BCUT2D eigenvalue weighted by molar-refractivity contribution is -0.137. The third-order valence-electron chi connectivity index (χ3n) is 4.34. The Morgan fingerprint density at radius 3 is 2.57 bits per heavy atom. The number of nitrogens with zero attached hydrogens (tertiary/aromatic N) is 3. The van der Waals surface area contributed by atoms with Crippen molar-refractivity contribution in [1.82, 2.24) is 9.78 Å². The number of amides is 1. The second-order valence-corrected chi connectivity index (χ2v) is 6.36. The molecule has 0 spiro atoms. The first-order chi connectivity index (χ1) is 14.3. The van der Waals surface area contributed by atoms with E-state index < -0.39 is 23.5 Å². The van der Waals surface area contributed by atoms with Gasteiger partial charge in [-0.2, -0.15) is 18.3 Å². The molecule has 1 aromatic heterocycles. The van der Waals surface area contributed by atoms with Gasteiger partial charge in [0.1, 0.15) is 18.2 Å². The quantitative estimate of drug-likeness (QED) is 0.650. The van der Waals surface area contributed by atoms with Crippen LogP contribution in [-0.2, 0) is 10.9 Å². The van der Waals surface area contributed by atoms with Crippen molar-refractivity contribution < 1.29 is 27.1 Å². The number of aliphatic imine (C=N–C) groups is 1. The predicted octanol–water partition coefficient (Wildman–Crippen LogP) is 4.06. The van der Waals surface area contributed by atoms with Crippen LogP contribution >= 0.6 is 0 Å². The number of carbonyl (C=O) groups excluding carboxylic acids is 1. The zero-order chi connectivity index (χ0) is 21.3. The number of halogens is 4. The molecule has 1 aliphatic rings. The fraction of sp³-hybridized carbons (Fsp3) is 0.150. The Balaban J connectivity index is 1.73. The number of alkyl halides is 3. The summed E-state index contributed by atoms with van der Waals surface area (Å²) in [5, 5.41) is 6.79. The number of rotatable bonds is 4. The van der Waals surface area contributed by atoms with Gasteiger partial charge in [-0.05, 0) is 42.5 Å². The Morgan fingerprint density at radius 1 is 1.13 bits per heavy atom. The van der Waals surface area contributed by atoms with Crippen molar-refractivity contribution in [1.29, 1.82) is 0 Å². The summed E-state index contributed by atoms with van der Waals surface area (Å²) in [6.07, 6.45) is -3.17. The van der Waals surface area contributed by atoms with Crippen LogP contribution in [0.1, 0.15) is 21.5 Å². The first-order valence-corrected chi connectivity index (χ1v) is 8.83. The molecule has 6 nitrogen and oxygen atoms in total. The molecule has 2 aromatic carbocycles. The minimum atomic E-state index is -4.58. The van der Waals surface area contributed by atoms with E-state index in [2.05, 4.69) is 15.4 Å². The van der Waals surface area contributed by atoms with Crippen molar-refractivity contribution >= 4 is 17.6 Å². The fourth-order valence-corrected chi connectivity index (χ4v) is 2.92. The molecule has 0 saturated carbocycles. The summed E-state index contributed by atoms with van der Waals surface area (Å²) < 4.78 is 59.0. The van der Waals surface area contributed by atoms with E-state index in [0.29, 0.717) is 24.4 Å². The van der Waals surface area contributed by atoms with Gasteiger partial charge >= 0.3 is 6.18 Å². The maximum absolute atomic E-state index is 13.3. The summed E-state index contributed by atoms with van der Waals surface area (Å²) in [6, 6.07) is 9.40. The molecule has 0 radical (unpaired) electrons. The van der Waals surface area contributed by atoms with Gasteiger partial charge in [-0.25, -0.2) is 14.1 Å². The van der Waals surface area contributed by atoms with Crippen LogP contribution in [0, 0.1) is 5.82 Å². The van der Waals surface area contributed by atoms with Crippen molar-refractivity contribution in [2.24, 2.45) is 4.99 Å². The highest BCUT2D eigenvalue weighted by Crippen LogP contribution is 2.30. The summed E-state index contributed by atoms with van der Waals surface area (Å²) in [5.41, 5.74) is -0.333. The second kappa shape index (κ2) is 7.62. The average Bonchev–Trinajstić information content (AvgIpc) is 3.38. The van der Waals surface area contributed by atoms with Crippen LogP contribution in [0.3, 0.4) is 0 Å². The molecule has 0 bridgehead atoms. The number of hydrogen-bond acceptors (Lipinski definition) is 4. The zero-order valence-corrected chi connectivity index (χ0v) is 15.3. The molecule has 0 aliphatic carbocycles. The molecule has 3 aromatic rings. The first kappa shape index (κ1) is 19.6. The van der Waals surface area contributed by atoms with Crippen molar-refractivity contribution in [3.8, 4) is 5.69 Å². The van der Waals surface area contributed by atoms with Crippen molar-refractivity contribution in [3.63, 3.8) is 0 Å². The first-order valence-electron chi connectivity index (χ1n) is 8.83. The van der Waals surface area contributed by atoms with E-state index in [4.69, 9.17) is 4.74 Å². The Hall–Kier alpha value is -3.69. The molecule has 1 amide bonds. The molecule has 1 N–H and O–H groups in total. The number of hydrogen-bond donors (Lipinski definition) is 1. The van der Waals surface area contributed by atoms with Gasteiger partial charge < -0.3 is 10.1 Å². The van der Waals surface area contributed by atoms with E-state index in [1.807, 2.05) is 0 Å². The Bertz CT molecular complexity index is 1120. The van der Waals surface area contributed by atoms with E-state index in [1.165, 1.54) is 41.2 Å². The van der Waals surface area contributed by atoms with Crippen molar-refractivity contribution in [2.75, 3.05) is 18.5 Å². The van der Waals surface area contributed by atoms with Gasteiger partial charge in [-0.1, -0.05) is 6.07 Å². The largest absolute Gasteiger partial charge is 0.475 e. The second-order valence-electron chi connectivity index (χ2n) is 6.36. The Morgan fingerprint density at radius 2 is 1.90 bits per heavy atom. The summed E-state index contributed by atoms with van der Waals surface area (Å²) in [7, 11) is 0. The van der Waals surface area contributed by atoms with Crippen LogP contribution in [0.5, 0.6) is 0 Å². The molecule has 30 heavy (non-hydrogen) atoms. The summed E-state index contributed by atoms with van der Waals surface area (Å²) >= 11 is 0. The number of ether oxygens (including phenoxy) is 1. The van der Waals surface area contributed by atoms with Crippen molar-refractivity contribution in [2.45, 2.75) is 6.18 Å². The highest BCUT2D eigenvalue weighted by molar-refractivity contribution is 6.08. The predicted molar refractivity (Wildman–Crippen MR) is 100 cm³/mol. The third kappa shape index (κ3) is 3.88. The van der Waals surface area contributed by atoms with Crippen LogP contribution in [-0.4, -0.2) is 34.7 Å². The lowest BCUT2D eigenvalue weighted by atomic mass is 10.1. The maximum atomic E-state index is 13.3. The average molecular weight is 418 g/mol. The number of carbonyl (C=O) groups is 1. The minimum Gasteiger partial charge on any atom is -0.475 e. The van der Waals surface area contributed by atoms with Crippen LogP contribution in [0.25, 0.3) is 5.69 Å². The Labute approximate surface area is 167 Å². The molecule has 4 rings (SSSR count). The van der Waals surface area contributed by atoms with E-state index >= 15 is 0 Å². The molecule has 154 valence electrons. The third-order valence-corrected chi connectivity index (χ3v) is 4.34. The van der Waals surface area contributed by atoms with Crippen LogP contribution in [0.15, 0.2) is 59.7 Å². The maximum Gasteiger partial charge on any atom is 0.416 e. The van der Waals surface area contributed by atoms with Gasteiger partial charge in [-0.15, -0.1) is 0 Å². The number of benzene rings is 2. The van der Waals surface area contributed by atoms with Crippen LogP contribution < -0.4 is 5.32 Å². The molecule has 1 aliphatic heterocycles. The molecule has 10 heteroatoms. The molecule has 0 unspecified atom stereocenters. The monoisotopic (exact) mass is 418 g/mol. The van der Waals surface area contributed by atoms with Gasteiger partial charge in [0.25, 0.3) is 5.91 Å². The topological polar surface area (TPSA) is 68.5 Å². The number of aromatic nitrogens is 2. The van der Waals surface area contributed by atoms with E-state index in [9.17, 15) is 22.4 Å². The van der Waals surface area contributed by atoms with Gasteiger partial charge in [0.2, 0.25) is 5.90 Å². The van der Waals surface area contributed by atoms with Gasteiger partial charge in [0.05, 0.1) is 29.6 Å². The van der Waals surface area contributed by atoms with Gasteiger partial charge in [0, 0.05) is 5.56 Å². The fourth-order valence-electron chi connectivity index (χ4n) is 2.92. The SMILES string of the molecule is O=C(Nc1c(C2=NCCO2)cnn1-c1ccc(F)cc1)c1cccc(C(F)(F)F)c1. The Kier molecular flexibility index (Phi) is 4.98. The normalized spacial score (nSPS) is 13.7. The van der Waals surface area contributed by atoms with E-state index in [1.54, 1.807) is 0 Å². The summed E-state index contributed by atoms with van der Waals surface area (Å²) in [6.45, 7) is 0.788. The summed E-state index contributed by atoms with van der Waals surface area (Å²) in [5.74, 6) is -0.832. The van der Waals surface area contributed by atoms with E-state index in [0.717, 1.165) is 18.2 Å². The van der Waals surface area contributed by atoms with Gasteiger partial charge in [-0.3, -0.25) is 4.79 Å². The lowest BCUT2D eigenvalue weighted by Crippen LogP contribution is -2.18. The van der Waals surface area contributed by atoms with E-state index in [-0.39, 0.29) is 17.3 Å². The van der Waals surface area contributed by atoms with Gasteiger partial charge in [0.15, 0.2) is 0 Å². The minimum absolute atomic E-state index is 0.143. The highest BCUT2D eigenvalue weighted by Gasteiger charge is 2.31. The number of anilines is 1. The molecular weight excluding hydrogens is 404 g/mol. The van der Waals surface area contributed by atoms with Crippen molar-refractivity contribution in [3.05, 3.63) is 77.2 Å². The molecule has 2 heterocycles. The molecular formula is C20H14F4N4O2. The zero-order valence-electron chi connectivity index (χ0n) is 15.3. The highest BCUT2D eigenvalue weighted by atomic mass is 19.4. The molecule has 0 atom stereocenters. The summed E-state index contributed by atoms with van der Waals surface area (Å²) in [4.78, 5) is 16.9.